The molecule has 0 fully saturated rings. The van der Waals surface area contributed by atoms with Crippen LogP contribution in [0.4, 0.5) is 5.69 Å². The Morgan fingerprint density at radius 3 is 2.64 bits per heavy atom. The molecule has 14 heavy (non-hydrogen) atoms. The molecular weight excluding hydrogens is 176 g/mol. The molecule has 0 spiro atoms. The van der Waals surface area contributed by atoms with Crippen LogP contribution in [0.25, 0.3) is 0 Å². The van der Waals surface area contributed by atoms with Gasteiger partial charge in [0.15, 0.2) is 0 Å². The molecule has 0 bridgehead atoms. The first-order valence-electron chi connectivity index (χ1n) is 4.57. The molecule has 1 aromatic carbocycles. The molecule has 3 nitrogen and oxygen atoms in total. The van der Waals surface area contributed by atoms with Gasteiger partial charge in [-0.25, -0.2) is 0 Å². The van der Waals surface area contributed by atoms with Crippen LogP contribution in [-0.2, 0) is 0 Å². The maximum Gasteiger partial charge on any atom is 0.127 e. The minimum absolute atomic E-state index is 0.747. The molecule has 2 rings (SSSR count). The summed E-state index contributed by atoms with van der Waals surface area (Å²) >= 11 is 0. The number of rotatable bonds is 2. The summed E-state index contributed by atoms with van der Waals surface area (Å²) in [4.78, 5) is 4.08. The van der Waals surface area contributed by atoms with Gasteiger partial charge in [0.25, 0.3) is 0 Å². The van der Waals surface area contributed by atoms with Crippen molar-refractivity contribution in [3.05, 3.63) is 36.1 Å². The molecule has 1 aliphatic rings. The van der Waals surface area contributed by atoms with Gasteiger partial charge in [-0.1, -0.05) is 0 Å². The fourth-order valence-electron chi connectivity index (χ4n) is 1.24. The summed E-state index contributed by atoms with van der Waals surface area (Å²) in [6.07, 6.45) is 4.52. The number of benzene rings is 1. The third-order valence-electron chi connectivity index (χ3n) is 1.98. The number of nitrogens with zero attached hydrogens (tertiary/aromatic N) is 1. The third kappa shape index (κ3) is 2.13. The number of dihydropyridines is 1. The molecule has 2 N–H and O–H groups in total. The molecule has 0 saturated heterocycles. The number of anilines is 1. The highest BCUT2D eigenvalue weighted by Gasteiger charge is 2.02. The predicted octanol–water partition coefficient (Wildman–Crippen LogP) is 2.01. The Labute approximate surface area is 82.9 Å². The van der Waals surface area contributed by atoms with Crippen molar-refractivity contribution in [3.8, 4) is 5.75 Å². The zero-order chi connectivity index (χ0) is 9.80. The van der Waals surface area contributed by atoms with Gasteiger partial charge >= 0.3 is 0 Å². The second kappa shape index (κ2) is 3.96. The van der Waals surface area contributed by atoms with Crippen molar-refractivity contribution in [3.63, 3.8) is 0 Å². The number of hydrogen-bond donors (Lipinski definition) is 1. The van der Waals surface area contributed by atoms with Crippen molar-refractivity contribution in [1.29, 1.82) is 0 Å². The second-order valence-electron chi connectivity index (χ2n) is 3.11. The summed E-state index contributed by atoms with van der Waals surface area (Å²) < 4.78 is 5.62. The number of ether oxygens (including phenoxy) is 1. The van der Waals surface area contributed by atoms with Crippen LogP contribution in [0.3, 0.4) is 0 Å². The van der Waals surface area contributed by atoms with Crippen molar-refractivity contribution in [2.45, 2.75) is 6.42 Å². The smallest absolute Gasteiger partial charge is 0.127 e. The Bertz CT molecular complexity index is 365. The molecule has 0 aliphatic carbocycles. The fourth-order valence-corrected chi connectivity index (χ4v) is 1.24. The van der Waals surface area contributed by atoms with Crippen molar-refractivity contribution >= 4 is 11.9 Å². The van der Waals surface area contributed by atoms with Gasteiger partial charge in [-0.15, -0.1) is 0 Å². The van der Waals surface area contributed by atoms with Crippen LogP contribution in [0, 0.1) is 0 Å². The fraction of sp³-hybridized carbons (Fsp3) is 0.182. The molecule has 3 heteroatoms. The molecule has 0 aromatic heterocycles. The Morgan fingerprint density at radius 2 is 2.00 bits per heavy atom. The van der Waals surface area contributed by atoms with E-state index < -0.39 is 0 Å². The summed E-state index contributed by atoms with van der Waals surface area (Å²) in [5.41, 5.74) is 6.32. The largest absolute Gasteiger partial charge is 0.462 e. The number of nitrogen functional groups attached to an aromatic ring is 1. The van der Waals surface area contributed by atoms with Crippen LogP contribution in [0.5, 0.6) is 5.75 Å². The lowest BCUT2D eigenvalue weighted by atomic mass is 10.3. The average molecular weight is 188 g/mol. The lowest BCUT2D eigenvalue weighted by Gasteiger charge is -2.10. The van der Waals surface area contributed by atoms with Crippen molar-refractivity contribution in [2.75, 3.05) is 12.3 Å². The summed E-state index contributed by atoms with van der Waals surface area (Å²) in [6, 6.07) is 7.38. The number of allylic oxidation sites excluding steroid dienone is 1. The van der Waals surface area contributed by atoms with Crippen LogP contribution in [0.2, 0.25) is 0 Å². The normalized spacial score (nSPS) is 15.0. The molecular formula is C11H12N2O. The minimum atomic E-state index is 0.747. The highest BCUT2D eigenvalue weighted by molar-refractivity contribution is 5.72. The van der Waals surface area contributed by atoms with Crippen molar-refractivity contribution < 1.29 is 4.74 Å². The van der Waals surface area contributed by atoms with Gasteiger partial charge in [-0.05, 0) is 30.3 Å². The molecule has 1 aromatic rings. The Kier molecular flexibility index (Phi) is 2.49. The van der Waals surface area contributed by atoms with Gasteiger partial charge in [0.2, 0.25) is 0 Å². The molecule has 1 heterocycles. The molecule has 1 aliphatic heterocycles. The quantitative estimate of drug-likeness (QED) is 0.721. The van der Waals surface area contributed by atoms with Gasteiger partial charge in [-0.2, -0.15) is 0 Å². The van der Waals surface area contributed by atoms with Gasteiger partial charge in [0.05, 0.1) is 0 Å². The van der Waals surface area contributed by atoms with E-state index in [9.17, 15) is 0 Å². The van der Waals surface area contributed by atoms with E-state index in [2.05, 4.69) is 4.99 Å². The Balaban J connectivity index is 2.07. The van der Waals surface area contributed by atoms with E-state index in [0.717, 1.165) is 30.2 Å². The standard InChI is InChI=1S/C11H12N2O/c12-9-1-3-10(4-2-9)14-11-5-7-13-8-6-11/h1-5,7H,6,8,12H2. The van der Waals surface area contributed by atoms with Crippen LogP contribution in [0.1, 0.15) is 6.42 Å². The van der Waals surface area contributed by atoms with Gasteiger partial charge in [-0.3, -0.25) is 4.99 Å². The summed E-state index contributed by atoms with van der Waals surface area (Å²) in [5, 5.41) is 0. The number of nitrogens with two attached hydrogens (primary N) is 1. The monoisotopic (exact) mass is 188 g/mol. The first-order chi connectivity index (χ1) is 6.84. The van der Waals surface area contributed by atoms with Gasteiger partial charge in [0, 0.05) is 24.9 Å². The van der Waals surface area contributed by atoms with Crippen LogP contribution < -0.4 is 10.5 Å². The van der Waals surface area contributed by atoms with E-state index in [1.807, 2.05) is 30.3 Å². The Morgan fingerprint density at radius 1 is 1.21 bits per heavy atom. The highest BCUT2D eigenvalue weighted by Crippen LogP contribution is 2.18. The molecule has 72 valence electrons. The lowest BCUT2D eigenvalue weighted by molar-refractivity contribution is 0.405. The summed E-state index contributed by atoms with van der Waals surface area (Å²) in [6.45, 7) is 0.806. The topological polar surface area (TPSA) is 47.6 Å². The first kappa shape index (κ1) is 8.81. The van der Waals surface area contributed by atoms with Gasteiger partial charge in [0.1, 0.15) is 11.5 Å². The lowest BCUT2D eigenvalue weighted by Crippen LogP contribution is -2.01. The molecule has 0 saturated carbocycles. The van der Waals surface area contributed by atoms with E-state index in [1.165, 1.54) is 0 Å². The molecule has 0 amide bonds. The zero-order valence-corrected chi connectivity index (χ0v) is 7.81. The molecule has 0 atom stereocenters. The number of aliphatic imine (C=N–C) groups is 1. The maximum absolute atomic E-state index is 5.62. The first-order valence-corrected chi connectivity index (χ1v) is 4.57. The maximum atomic E-state index is 5.62. The van der Waals surface area contributed by atoms with Gasteiger partial charge < -0.3 is 10.5 Å². The second-order valence-corrected chi connectivity index (χ2v) is 3.11. The molecule has 0 radical (unpaired) electrons. The van der Waals surface area contributed by atoms with Crippen LogP contribution >= 0.6 is 0 Å². The van der Waals surface area contributed by atoms with E-state index in [0.29, 0.717) is 0 Å². The van der Waals surface area contributed by atoms with Crippen molar-refractivity contribution in [1.82, 2.24) is 0 Å². The van der Waals surface area contributed by atoms with E-state index in [-0.39, 0.29) is 0 Å². The van der Waals surface area contributed by atoms with E-state index in [4.69, 9.17) is 10.5 Å². The third-order valence-corrected chi connectivity index (χ3v) is 1.98. The van der Waals surface area contributed by atoms with E-state index >= 15 is 0 Å². The minimum Gasteiger partial charge on any atom is -0.462 e. The zero-order valence-electron chi connectivity index (χ0n) is 7.81. The Hall–Kier alpha value is -1.77. The van der Waals surface area contributed by atoms with Crippen LogP contribution in [-0.4, -0.2) is 12.8 Å². The SMILES string of the molecule is Nc1ccc(OC2=CC=NCC2)cc1. The van der Waals surface area contributed by atoms with Crippen molar-refractivity contribution in [2.24, 2.45) is 4.99 Å². The highest BCUT2D eigenvalue weighted by atomic mass is 16.5. The summed E-state index contributed by atoms with van der Waals surface area (Å²) in [5.74, 6) is 1.77. The molecule has 0 unspecified atom stereocenters. The van der Waals surface area contributed by atoms with E-state index in [1.54, 1.807) is 6.21 Å². The predicted molar refractivity (Wildman–Crippen MR) is 57.5 cm³/mol. The number of hydrogen-bond acceptors (Lipinski definition) is 3. The summed E-state index contributed by atoms with van der Waals surface area (Å²) in [7, 11) is 0. The average Bonchev–Trinajstić information content (AvgIpc) is 2.23. The van der Waals surface area contributed by atoms with Crippen LogP contribution in [0.15, 0.2) is 41.1 Å².